The standard InChI is InChI=1S/C9H20NO2/c1-3-5-7-11-9(10)12-8-6-4-2/h9-10H,3-8H2,1-2H3. The van der Waals surface area contributed by atoms with Gasteiger partial charge in [0.2, 0.25) is 6.41 Å². The number of nitrogens with one attached hydrogen (secondary N) is 1. The second-order valence-corrected chi connectivity index (χ2v) is 2.78. The first-order valence-electron chi connectivity index (χ1n) is 4.75. The molecule has 0 rings (SSSR count). The van der Waals surface area contributed by atoms with Crippen molar-refractivity contribution in [3.63, 3.8) is 0 Å². The van der Waals surface area contributed by atoms with Crippen LogP contribution < -0.4 is 5.73 Å². The first-order valence-corrected chi connectivity index (χ1v) is 4.75. The summed E-state index contributed by atoms with van der Waals surface area (Å²) in [5.41, 5.74) is 7.28. The van der Waals surface area contributed by atoms with E-state index in [4.69, 9.17) is 15.2 Å². The molecule has 0 aromatic heterocycles. The van der Waals surface area contributed by atoms with Gasteiger partial charge in [-0.05, 0) is 12.8 Å². The lowest BCUT2D eigenvalue weighted by Crippen LogP contribution is -2.19. The van der Waals surface area contributed by atoms with Crippen LogP contribution in [0.1, 0.15) is 39.5 Å². The van der Waals surface area contributed by atoms with E-state index < -0.39 is 6.41 Å². The molecule has 0 aliphatic carbocycles. The molecule has 0 aliphatic rings. The van der Waals surface area contributed by atoms with Crippen LogP contribution in [-0.4, -0.2) is 19.6 Å². The van der Waals surface area contributed by atoms with E-state index >= 15 is 0 Å². The Morgan fingerprint density at radius 1 is 1.00 bits per heavy atom. The predicted molar refractivity (Wildman–Crippen MR) is 48.6 cm³/mol. The second kappa shape index (κ2) is 8.97. The van der Waals surface area contributed by atoms with Crippen LogP contribution in [0, 0.1) is 0 Å². The minimum absolute atomic E-state index is 0.636. The Hall–Kier alpha value is -0.120. The fraction of sp³-hybridized carbons (Fsp3) is 1.00. The van der Waals surface area contributed by atoms with Gasteiger partial charge >= 0.3 is 0 Å². The maximum atomic E-state index is 7.28. The molecule has 0 amide bonds. The Morgan fingerprint density at radius 2 is 1.42 bits per heavy atom. The molecule has 3 nitrogen and oxygen atoms in total. The van der Waals surface area contributed by atoms with E-state index in [2.05, 4.69) is 13.8 Å². The molecule has 0 unspecified atom stereocenters. The van der Waals surface area contributed by atoms with Crippen molar-refractivity contribution in [1.29, 1.82) is 0 Å². The third kappa shape index (κ3) is 7.98. The molecule has 0 heterocycles. The average Bonchev–Trinajstić information content (AvgIpc) is 2.06. The summed E-state index contributed by atoms with van der Waals surface area (Å²) in [4.78, 5) is 0. The Kier molecular flexibility index (Phi) is 8.88. The highest BCUT2D eigenvalue weighted by Gasteiger charge is 2.00. The van der Waals surface area contributed by atoms with Crippen molar-refractivity contribution in [2.24, 2.45) is 0 Å². The van der Waals surface area contributed by atoms with Gasteiger partial charge in [-0.15, -0.1) is 0 Å². The van der Waals surface area contributed by atoms with E-state index in [1.165, 1.54) is 0 Å². The van der Waals surface area contributed by atoms with Crippen LogP contribution in [0.3, 0.4) is 0 Å². The van der Waals surface area contributed by atoms with Crippen molar-refractivity contribution < 1.29 is 9.47 Å². The molecular weight excluding hydrogens is 154 g/mol. The number of hydrogen-bond acceptors (Lipinski definition) is 2. The van der Waals surface area contributed by atoms with Gasteiger partial charge in [0, 0.05) is 0 Å². The van der Waals surface area contributed by atoms with Crippen molar-refractivity contribution >= 4 is 0 Å². The summed E-state index contributed by atoms with van der Waals surface area (Å²) < 4.78 is 10.1. The van der Waals surface area contributed by atoms with Crippen molar-refractivity contribution in [2.45, 2.75) is 45.9 Å². The lowest BCUT2D eigenvalue weighted by Gasteiger charge is -2.11. The monoisotopic (exact) mass is 174 g/mol. The van der Waals surface area contributed by atoms with Gasteiger partial charge in [-0.2, -0.15) is 0 Å². The molecule has 0 bridgehead atoms. The number of rotatable bonds is 8. The van der Waals surface area contributed by atoms with E-state index in [1.54, 1.807) is 0 Å². The Bertz CT molecular complexity index is 78.6. The minimum Gasteiger partial charge on any atom is -0.339 e. The number of ether oxygens (including phenoxy) is 2. The van der Waals surface area contributed by atoms with Crippen LogP contribution >= 0.6 is 0 Å². The highest BCUT2D eigenvalue weighted by atomic mass is 16.7. The quantitative estimate of drug-likeness (QED) is 0.418. The summed E-state index contributed by atoms with van der Waals surface area (Å²) in [6.45, 7) is 5.47. The van der Waals surface area contributed by atoms with Gasteiger partial charge in [-0.1, -0.05) is 26.7 Å². The molecule has 0 saturated carbocycles. The summed E-state index contributed by atoms with van der Waals surface area (Å²) >= 11 is 0. The average molecular weight is 174 g/mol. The molecule has 12 heavy (non-hydrogen) atoms. The molecular formula is C9H20NO2. The Morgan fingerprint density at radius 3 is 1.75 bits per heavy atom. The summed E-state index contributed by atoms with van der Waals surface area (Å²) in [5, 5.41) is 0. The molecule has 0 saturated heterocycles. The zero-order chi connectivity index (χ0) is 9.23. The van der Waals surface area contributed by atoms with E-state index in [0.29, 0.717) is 13.2 Å². The first kappa shape index (κ1) is 11.9. The van der Waals surface area contributed by atoms with Crippen molar-refractivity contribution in [3.05, 3.63) is 0 Å². The lowest BCUT2D eigenvalue weighted by molar-refractivity contribution is -0.144. The van der Waals surface area contributed by atoms with Gasteiger partial charge in [0.15, 0.2) is 0 Å². The zero-order valence-electron chi connectivity index (χ0n) is 8.14. The van der Waals surface area contributed by atoms with Gasteiger partial charge in [-0.25, -0.2) is 5.73 Å². The highest BCUT2D eigenvalue weighted by Crippen LogP contribution is 1.96. The Labute approximate surface area is 75.2 Å². The van der Waals surface area contributed by atoms with Crippen molar-refractivity contribution in [2.75, 3.05) is 13.2 Å². The third-order valence-electron chi connectivity index (χ3n) is 1.53. The van der Waals surface area contributed by atoms with Gasteiger partial charge in [-0.3, -0.25) is 0 Å². The van der Waals surface area contributed by atoms with E-state index in [0.717, 1.165) is 25.7 Å². The molecule has 0 atom stereocenters. The van der Waals surface area contributed by atoms with Gasteiger partial charge in [0.05, 0.1) is 13.2 Å². The smallest absolute Gasteiger partial charge is 0.229 e. The SMILES string of the molecule is CCCCOC([NH])OCCCC. The van der Waals surface area contributed by atoms with E-state index in [9.17, 15) is 0 Å². The zero-order valence-corrected chi connectivity index (χ0v) is 8.14. The fourth-order valence-corrected chi connectivity index (χ4v) is 0.718. The molecule has 0 fully saturated rings. The maximum Gasteiger partial charge on any atom is 0.229 e. The largest absolute Gasteiger partial charge is 0.339 e. The number of hydrogen-bond donors (Lipinski definition) is 0. The molecule has 73 valence electrons. The topological polar surface area (TPSA) is 42.3 Å². The minimum atomic E-state index is -0.775. The molecule has 3 heteroatoms. The molecule has 0 aromatic carbocycles. The molecule has 1 N–H and O–H groups in total. The van der Waals surface area contributed by atoms with Crippen LogP contribution in [0.5, 0.6) is 0 Å². The molecule has 0 aromatic rings. The summed E-state index contributed by atoms with van der Waals surface area (Å²) in [6.07, 6.45) is 3.44. The van der Waals surface area contributed by atoms with Crippen LogP contribution in [0.4, 0.5) is 0 Å². The van der Waals surface area contributed by atoms with Crippen molar-refractivity contribution in [3.8, 4) is 0 Å². The molecule has 0 spiro atoms. The van der Waals surface area contributed by atoms with Crippen LogP contribution in [0.2, 0.25) is 0 Å². The lowest BCUT2D eigenvalue weighted by atomic mass is 10.4. The van der Waals surface area contributed by atoms with Crippen LogP contribution in [0.15, 0.2) is 0 Å². The molecule has 0 aliphatic heterocycles. The third-order valence-corrected chi connectivity index (χ3v) is 1.53. The van der Waals surface area contributed by atoms with Gasteiger partial charge in [0.1, 0.15) is 0 Å². The summed E-state index contributed by atoms with van der Waals surface area (Å²) in [5.74, 6) is 0. The van der Waals surface area contributed by atoms with E-state index in [1.807, 2.05) is 0 Å². The van der Waals surface area contributed by atoms with Gasteiger partial charge in [0.25, 0.3) is 0 Å². The second-order valence-electron chi connectivity index (χ2n) is 2.78. The summed E-state index contributed by atoms with van der Waals surface area (Å²) in [7, 11) is 0. The van der Waals surface area contributed by atoms with Crippen molar-refractivity contribution in [1.82, 2.24) is 5.73 Å². The first-order chi connectivity index (χ1) is 5.81. The van der Waals surface area contributed by atoms with Crippen LogP contribution in [0.25, 0.3) is 0 Å². The Balaban J connectivity index is 3.04. The maximum absolute atomic E-state index is 7.28. The van der Waals surface area contributed by atoms with E-state index in [-0.39, 0.29) is 0 Å². The number of unbranched alkanes of at least 4 members (excludes halogenated alkanes) is 2. The van der Waals surface area contributed by atoms with Crippen LogP contribution in [-0.2, 0) is 9.47 Å². The fourth-order valence-electron chi connectivity index (χ4n) is 0.718. The van der Waals surface area contributed by atoms with Gasteiger partial charge < -0.3 is 9.47 Å². The predicted octanol–water partition coefficient (Wildman–Crippen LogP) is 2.19. The summed E-state index contributed by atoms with van der Waals surface area (Å²) in [6, 6.07) is 0. The normalized spacial score (nSPS) is 11.0. The molecule has 1 radical (unpaired) electrons. The highest BCUT2D eigenvalue weighted by molar-refractivity contribution is 4.35.